The molecule has 3 rings (SSSR count). The van der Waals surface area contributed by atoms with Crippen molar-refractivity contribution in [1.29, 1.82) is 0 Å². The minimum absolute atomic E-state index is 0.0929. The Morgan fingerprint density at radius 1 is 1.10 bits per heavy atom. The van der Waals surface area contributed by atoms with Crippen molar-refractivity contribution in [2.75, 3.05) is 0 Å². The summed E-state index contributed by atoms with van der Waals surface area (Å²) in [6.45, 7) is 5.02. The molecular formula is C20H22FNO8S. The fourth-order valence-corrected chi connectivity index (χ4v) is 3.04. The highest BCUT2D eigenvalue weighted by atomic mass is 32.3. The summed E-state index contributed by atoms with van der Waals surface area (Å²) in [5, 5.41) is 0. The number of hydrogen-bond acceptors (Lipinski definition) is 7. The molecule has 0 saturated carbocycles. The molecule has 1 aliphatic rings. The van der Waals surface area contributed by atoms with Gasteiger partial charge in [-0.3, -0.25) is 13.9 Å². The van der Waals surface area contributed by atoms with Crippen molar-refractivity contribution in [3.63, 3.8) is 0 Å². The van der Waals surface area contributed by atoms with Gasteiger partial charge in [-0.2, -0.15) is 8.42 Å². The first kappa shape index (κ1) is 24.4. The van der Waals surface area contributed by atoms with E-state index in [9.17, 15) is 14.0 Å². The van der Waals surface area contributed by atoms with Crippen LogP contribution in [0.25, 0.3) is 0 Å². The van der Waals surface area contributed by atoms with Crippen LogP contribution in [0, 0.1) is 5.82 Å². The van der Waals surface area contributed by atoms with Gasteiger partial charge in [0.25, 0.3) is 0 Å². The van der Waals surface area contributed by atoms with E-state index in [4.69, 9.17) is 32.7 Å². The molecule has 0 aromatic heterocycles. The van der Waals surface area contributed by atoms with Gasteiger partial charge in [-0.05, 0) is 63.2 Å². The summed E-state index contributed by atoms with van der Waals surface area (Å²) in [6, 6.07) is 9.44. The Bertz CT molecular complexity index is 1070. The van der Waals surface area contributed by atoms with Gasteiger partial charge in [0, 0.05) is 11.1 Å². The first-order valence-corrected chi connectivity index (χ1v) is 10.3. The molecule has 0 unspecified atom stereocenters. The van der Waals surface area contributed by atoms with Gasteiger partial charge < -0.3 is 15.2 Å². The third kappa shape index (κ3) is 6.56. The predicted molar refractivity (Wildman–Crippen MR) is 108 cm³/mol. The molecule has 0 amide bonds. The number of fused-ring (bicyclic) bond motifs is 1. The standard InChI is InChI=1S/C20H20FNO4.H2O4S/c1-11(23)13-6-9-16-15(10-13)17(22)18(20(2,3)26-16)25-19(24)12-4-7-14(21)8-5-12;1-5(2,3)4/h4-10,17-18H,22H2,1-3H3;(H2,1,2,3,4)/t17-,18-;/m1./s1. The molecule has 1 heterocycles. The first-order chi connectivity index (χ1) is 14.2. The monoisotopic (exact) mass is 455 g/mol. The Hall–Kier alpha value is -2.86. The molecule has 4 N–H and O–H groups in total. The Balaban J connectivity index is 0.000000614. The van der Waals surface area contributed by atoms with Crippen molar-refractivity contribution in [3.05, 3.63) is 65.0 Å². The summed E-state index contributed by atoms with van der Waals surface area (Å²) in [5.41, 5.74) is 6.81. The lowest BCUT2D eigenvalue weighted by Crippen LogP contribution is -2.53. The van der Waals surface area contributed by atoms with Crippen molar-refractivity contribution in [2.24, 2.45) is 5.73 Å². The number of carbonyl (C=O) groups is 2. The van der Waals surface area contributed by atoms with Crippen LogP contribution in [-0.4, -0.2) is 41.0 Å². The number of rotatable bonds is 3. The molecule has 0 fully saturated rings. The highest BCUT2D eigenvalue weighted by Crippen LogP contribution is 2.40. The zero-order valence-electron chi connectivity index (χ0n) is 16.9. The number of halogens is 1. The predicted octanol–water partition coefficient (Wildman–Crippen LogP) is 2.77. The normalized spacial score (nSPS) is 19.2. The third-order valence-corrected chi connectivity index (χ3v) is 4.47. The van der Waals surface area contributed by atoms with Crippen molar-refractivity contribution in [2.45, 2.75) is 38.5 Å². The van der Waals surface area contributed by atoms with E-state index >= 15 is 0 Å². The van der Waals surface area contributed by atoms with Crippen molar-refractivity contribution in [3.8, 4) is 5.75 Å². The van der Waals surface area contributed by atoms with Crippen LogP contribution in [0.4, 0.5) is 4.39 Å². The minimum atomic E-state index is -4.67. The molecule has 31 heavy (non-hydrogen) atoms. The van der Waals surface area contributed by atoms with E-state index in [2.05, 4.69) is 0 Å². The second-order valence-corrected chi connectivity index (χ2v) is 8.22. The van der Waals surface area contributed by atoms with E-state index in [-0.39, 0.29) is 11.3 Å². The molecule has 0 spiro atoms. The zero-order valence-corrected chi connectivity index (χ0v) is 17.7. The van der Waals surface area contributed by atoms with Gasteiger partial charge in [0.05, 0.1) is 11.6 Å². The average molecular weight is 455 g/mol. The lowest BCUT2D eigenvalue weighted by Gasteiger charge is -2.42. The van der Waals surface area contributed by atoms with Gasteiger partial charge in [0.15, 0.2) is 11.9 Å². The highest BCUT2D eigenvalue weighted by molar-refractivity contribution is 7.79. The second-order valence-electron chi connectivity index (χ2n) is 7.32. The summed E-state index contributed by atoms with van der Waals surface area (Å²) in [7, 11) is -4.67. The lowest BCUT2D eigenvalue weighted by molar-refractivity contribution is -0.0726. The first-order valence-electron chi connectivity index (χ1n) is 8.95. The number of Topliss-reactive ketones (excluding diaryl/α,β-unsaturated/α-hetero) is 1. The number of ketones is 1. The number of ether oxygens (including phenoxy) is 2. The van der Waals surface area contributed by atoms with Crippen LogP contribution in [0.15, 0.2) is 42.5 Å². The average Bonchev–Trinajstić information content (AvgIpc) is 2.63. The van der Waals surface area contributed by atoms with Crippen LogP contribution in [0.1, 0.15) is 53.1 Å². The SMILES string of the molecule is CC(=O)c1ccc2c(c1)[C@@H](N)[C@@H](OC(=O)c1ccc(F)cc1)C(C)(C)O2.O=S(=O)(O)O. The van der Waals surface area contributed by atoms with Crippen LogP contribution in [-0.2, 0) is 15.1 Å². The van der Waals surface area contributed by atoms with Gasteiger partial charge in [-0.15, -0.1) is 0 Å². The van der Waals surface area contributed by atoms with E-state index in [1.807, 2.05) is 0 Å². The maximum Gasteiger partial charge on any atom is 0.394 e. The Labute approximate surface area is 178 Å². The lowest BCUT2D eigenvalue weighted by atomic mass is 9.86. The molecular weight excluding hydrogens is 433 g/mol. The molecule has 0 bridgehead atoms. The number of carbonyl (C=O) groups excluding carboxylic acids is 2. The van der Waals surface area contributed by atoms with E-state index in [0.717, 1.165) is 0 Å². The third-order valence-electron chi connectivity index (χ3n) is 4.47. The van der Waals surface area contributed by atoms with Crippen LogP contribution >= 0.6 is 0 Å². The maximum atomic E-state index is 13.0. The maximum absolute atomic E-state index is 13.0. The van der Waals surface area contributed by atoms with E-state index < -0.39 is 39.9 Å². The van der Waals surface area contributed by atoms with E-state index in [1.54, 1.807) is 32.0 Å². The topological polar surface area (TPSA) is 153 Å². The molecule has 2 aromatic carbocycles. The number of benzene rings is 2. The fourth-order valence-electron chi connectivity index (χ4n) is 3.04. The van der Waals surface area contributed by atoms with Crippen molar-refractivity contribution in [1.82, 2.24) is 0 Å². The summed E-state index contributed by atoms with van der Waals surface area (Å²) in [5.74, 6) is -0.593. The number of esters is 1. The Morgan fingerprint density at radius 2 is 1.61 bits per heavy atom. The number of nitrogens with two attached hydrogens (primary N) is 1. The summed E-state index contributed by atoms with van der Waals surface area (Å²) < 4.78 is 56.2. The summed E-state index contributed by atoms with van der Waals surface area (Å²) in [6.07, 6.45) is -0.783. The van der Waals surface area contributed by atoms with Gasteiger partial charge >= 0.3 is 16.4 Å². The smallest absolute Gasteiger partial charge is 0.394 e. The highest BCUT2D eigenvalue weighted by Gasteiger charge is 2.45. The molecule has 0 aliphatic carbocycles. The second kappa shape index (κ2) is 9.10. The largest absolute Gasteiger partial charge is 0.484 e. The summed E-state index contributed by atoms with van der Waals surface area (Å²) >= 11 is 0. The van der Waals surface area contributed by atoms with Gasteiger partial charge in [-0.1, -0.05) is 0 Å². The van der Waals surface area contributed by atoms with Gasteiger partial charge in [-0.25, -0.2) is 9.18 Å². The fraction of sp³-hybridized carbons (Fsp3) is 0.300. The van der Waals surface area contributed by atoms with Crippen molar-refractivity contribution < 1.29 is 41.0 Å². The molecule has 1 aliphatic heterocycles. The van der Waals surface area contributed by atoms with Crippen LogP contribution in [0.5, 0.6) is 5.75 Å². The van der Waals surface area contributed by atoms with Crippen LogP contribution in [0.3, 0.4) is 0 Å². The van der Waals surface area contributed by atoms with E-state index in [0.29, 0.717) is 16.9 Å². The zero-order chi connectivity index (χ0) is 23.6. The van der Waals surface area contributed by atoms with Crippen LogP contribution < -0.4 is 10.5 Å². The molecule has 168 valence electrons. The van der Waals surface area contributed by atoms with Gasteiger partial charge in [0.2, 0.25) is 0 Å². The number of hydrogen-bond donors (Lipinski definition) is 3. The molecule has 2 atom stereocenters. The molecule has 11 heteroatoms. The molecule has 0 saturated heterocycles. The Morgan fingerprint density at radius 3 is 2.13 bits per heavy atom. The molecule has 2 aromatic rings. The van der Waals surface area contributed by atoms with Crippen molar-refractivity contribution >= 4 is 22.2 Å². The summed E-state index contributed by atoms with van der Waals surface area (Å²) in [4.78, 5) is 24.1. The van der Waals surface area contributed by atoms with Crippen LogP contribution in [0.2, 0.25) is 0 Å². The van der Waals surface area contributed by atoms with Gasteiger partial charge in [0.1, 0.15) is 17.2 Å². The quantitative estimate of drug-likeness (QED) is 0.360. The molecule has 9 nitrogen and oxygen atoms in total. The minimum Gasteiger partial charge on any atom is -0.484 e. The van der Waals surface area contributed by atoms with E-state index in [1.165, 1.54) is 31.2 Å². The molecule has 0 radical (unpaired) electrons. The Kier molecular flexibility index (Phi) is 7.17.